The first-order valence-electron chi connectivity index (χ1n) is 8.80. The van der Waals surface area contributed by atoms with Gasteiger partial charge in [0.2, 0.25) is 0 Å². The number of aromatic nitrogens is 2. The summed E-state index contributed by atoms with van der Waals surface area (Å²) >= 11 is 0. The summed E-state index contributed by atoms with van der Waals surface area (Å²) in [5, 5.41) is 6.91. The van der Waals surface area contributed by atoms with Crippen molar-refractivity contribution in [2.24, 2.45) is 0 Å². The second kappa shape index (κ2) is 6.93. The number of carbonyl (C=O) groups is 1. The number of sulfonamides is 1. The summed E-state index contributed by atoms with van der Waals surface area (Å²) in [6.07, 6.45) is 0. The highest BCUT2D eigenvalue weighted by atomic mass is 32.2. The highest BCUT2D eigenvalue weighted by molar-refractivity contribution is 7.92. The van der Waals surface area contributed by atoms with Crippen LogP contribution in [-0.2, 0) is 21.3 Å². The Morgan fingerprint density at radius 3 is 2.52 bits per heavy atom. The zero-order chi connectivity index (χ0) is 20.8. The highest BCUT2D eigenvalue weighted by Crippen LogP contribution is 2.43. The van der Waals surface area contributed by atoms with Crippen LogP contribution in [0.3, 0.4) is 0 Å². The maximum Gasteiger partial charge on any atom is 0.356 e. The van der Waals surface area contributed by atoms with Gasteiger partial charge in [0.25, 0.3) is 10.0 Å². The number of nitrogens with zero attached hydrogens (tertiary/aromatic N) is 2. The Labute approximate surface area is 168 Å². The van der Waals surface area contributed by atoms with Crippen LogP contribution in [0.4, 0.5) is 5.69 Å². The number of anilines is 1. The van der Waals surface area contributed by atoms with Gasteiger partial charge in [0, 0.05) is 17.2 Å². The average molecular weight is 413 g/mol. The standard InChI is InChI=1S/C20H19N3O5S/c1-12-4-7-14(8-5-12)29(25,26)23-11-16-18(21-22-19(16)20(24)28-3)15-9-6-13(27-2)10-17(15)23/h4-10H,11H2,1-3H3,(H,21,22). The maximum atomic E-state index is 13.5. The molecule has 0 saturated carbocycles. The molecule has 0 atom stereocenters. The lowest BCUT2D eigenvalue weighted by Crippen LogP contribution is -2.33. The van der Waals surface area contributed by atoms with Crippen molar-refractivity contribution >= 4 is 21.7 Å². The molecule has 8 nitrogen and oxygen atoms in total. The van der Waals surface area contributed by atoms with Crippen molar-refractivity contribution in [2.45, 2.75) is 18.4 Å². The number of aromatic amines is 1. The SMILES string of the molecule is COC(=O)c1[nH]nc2c1CN(S(=O)(=O)c1ccc(C)cc1)c1cc(OC)ccc1-2. The van der Waals surface area contributed by atoms with E-state index in [0.717, 1.165) is 5.56 Å². The molecule has 0 spiro atoms. The van der Waals surface area contributed by atoms with Gasteiger partial charge in [-0.3, -0.25) is 9.40 Å². The number of rotatable bonds is 4. The molecule has 0 bridgehead atoms. The molecule has 0 aliphatic carbocycles. The summed E-state index contributed by atoms with van der Waals surface area (Å²) in [4.78, 5) is 12.3. The van der Waals surface area contributed by atoms with Gasteiger partial charge in [0.15, 0.2) is 0 Å². The molecular formula is C20H19N3O5S. The van der Waals surface area contributed by atoms with Crippen LogP contribution in [0.25, 0.3) is 11.3 Å². The summed E-state index contributed by atoms with van der Waals surface area (Å²) < 4.78 is 38.3. The Kier molecular flexibility index (Phi) is 4.54. The van der Waals surface area contributed by atoms with E-state index < -0.39 is 16.0 Å². The zero-order valence-corrected chi connectivity index (χ0v) is 16.9. The number of aryl methyl sites for hydroxylation is 1. The van der Waals surface area contributed by atoms with Crippen molar-refractivity contribution in [1.29, 1.82) is 0 Å². The molecule has 0 radical (unpaired) electrons. The van der Waals surface area contributed by atoms with Crippen molar-refractivity contribution in [1.82, 2.24) is 10.2 Å². The number of hydrogen-bond acceptors (Lipinski definition) is 6. The first-order chi connectivity index (χ1) is 13.9. The first kappa shape index (κ1) is 19.0. The second-order valence-corrected chi connectivity index (χ2v) is 8.49. The number of fused-ring (bicyclic) bond motifs is 3. The van der Waals surface area contributed by atoms with Crippen LogP contribution >= 0.6 is 0 Å². The van der Waals surface area contributed by atoms with Crippen molar-refractivity contribution in [3.05, 3.63) is 59.3 Å². The van der Waals surface area contributed by atoms with Gasteiger partial charge in [-0.15, -0.1) is 0 Å². The van der Waals surface area contributed by atoms with E-state index in [-0.39, 0.29) is 17.1 Å². The van der Waals surface area contributed by atoms with Crippen LogP contribution in [0.15, 0.2) is 47.4 Å². The Bertz CT molecular complexity index is 1200. The number of hydrogen-bond donors (Lipinski definition) is 1. The number of carbonyl (C=O) groups excluding carboxylic acids is 1. The minimum absolute atomic E-state index is 0.0629. The monoisotopic (exact) mass is 413 g/mol. The zero-order valence-electron chi connectivity index (χ0n) is 16.1. The van der Waals surface area contributed by atoms with E-state index in [1.807, 2.05) is 6.92 Å². The van der Waals surface area contributed by atoms with Gasteiger partial charge in [0.1, 0.15) is 17.1 Å². The van der Waals surface area contributed by atoms with Gasteiger partial charge >= 0.3 is 5.97 Å². The summed E-state index contributed by atoms with van der Waals surface area (Å²) in [6.45, 7) is 1.82. The van der Waals surface area contributed by atoms with Crippen molar-refractivity contribution in [2.75, 3.05) is 18.5 Å². The topological polar surface area (TPSA) is 102 Å². The third-order valence-corrected chi connectivity index (χ3v) is 6.67. The molecule has 29 heavy (non-hydrogen) atoms. The molecule has 0 saturated heterocycles. The summed E-state index contributed by atoms with van der Waals surface area (Å²) in [7, 11) is -1.13. The van der Waals surface area contributed by atoms with Gasteiger partial charge in [-0.1, -0.05) is 17.7 Å². The Morgan fingerprint density at radius 1 is 1.14 bits per heavy atom. The Morgan fingerprint density at radius 2 is 1.86 bits per heavy atom. The smallest absolute Gasteiger partial charge is 0.356 e. The lowest BCUT2D eigenvalue weighted by atomic mass is 9.99. The van der Waals surface area contributed by atoms with Crippen LogP contribution in [0.5, 0.6) is 5.75 Å². The van der Waals surface area contributed by atoms with E-state index in [1.165, 1.54) is 18.5 Å². The van der Waals surface area contributed by atoms with Gasteiger partial charge in [-0.25, -0.2) is 13.2 Å². The van der Waals surface area contributed by atoms with Crippen LogP contribution in [0.1, 0.15) is 21.6 Å². The summed E-state index contributed by atoms with van der Waals surface area (Å²) in [5.41, 5.74) is 3.07. The molecule has 150 valence electrons. The van der Waals surface area contributed by atoms with Gasteiger partial charge in [-0.05, 0) is 31.2 Å². The van der Waals surface area contributed by atoms with E-state index in [9.17, 15) is 13.2 Å². The fourth-order valence-electron chi connectivity index (χ4n) is 3.34. The van der Waals surface area contributed by atoms with Crippen molar-refractivity contribution in [3.63, 3.8) is 0 Å². The Balaban J connectivity index is 1.93. The minimum atomic E-state index is -3.90. The van der Waals surface area contributed by atoms with E-state index in [2.05, 4.69) is 10.2 Å². The molecule has 1 N–H and O–H groups in total. The molecule has 2 heterocycles. The van der Waals surface area contributed by atoms with E-state index in [1.54, 1.807) is 42.5 Å². The van der Waals surface area contributed by atoms with Gasteiger partial charge in [0.05, 0.1) is 31.3 Å². The molecule has 2 aromatic carbocycles. The number of ether oxygens (including phenoxy) is 2. The van der Waals surface area contributed by atoms with Gasteiger partial charge < -0.3 is 9.47 Å². The largest absolute Gasteiger partial charge is 0.497 e. The fraction of sp³-hybridized carbons (Fsp3) is 0.200. The maximum absolute atomic E-state index is 13.5. The normalized spacial score (nSPS) is 12.9. The number of nitrogens with one attached hydrogen (secondary N) is 1. The minimum Gasteiger partial charge on any atom is -0.497 e. The molecule has 1 aromatic heterocycles. The molecule has 3 aromatic rings. The number of benzene rings is 2. The van der Waals surface area contributed by atoms with E-state index in [0.29, 0.717) is 28.3 Å². The molecule has 1 aliphatic heterocycles. The predicted molar refractivity (Wildman–Crippen MR) is 106 cm³/mol. The van der Waals surface area contributed by atoms with Crippen LogP contribution in [-0.4, -0.2) is 38.8 Å². The average Bonchev–Trinajstić information content (AvgIpc) is 3.16. The van der Waals surface area contributed by atoms with Crippen molar-refractivity contribution < 1.29 is 22.7 Å². The molecular weight excluding hydrogens is 394 g/mol. The summed E-state index contributed by atoms with van der Waals surface area (Å²) in [6, 6.07) is 11.7. The first-order valence-corrected chi connectivity index (χ1v) is 10.2. The van der Waals surface area contributed by atoms with Crippen molar-refractivity contribution in [3.8, 4) is 17.0 Å². The molecule has 0 unspecified atom stereocenters. The predicted octanol–water partition coefficient (Wildman–Crippen LogP) is 2.89. The number of H-pyrrole nitrogens is 1. The molecule has 1 aliphatic rings. The third kappa shape index (κ3) is 3.03. The van der Waals surface area contributed by atoms with E-state index >= 15 is 0 Å². The molecule has 0 fully saturated rings. The number of esters is 1. The van der Waals surface area contributed by atoms with Crippen LogP contribution in [0.2, 0.25) is 0 Å². The number of methoxy groups -OCH3 is 2. The van der Waals surface area contributed by atoms with E-state index in [4.69, 9.17) is 9.47 Å². The quantitative estimate of drug-likeness (QED) is 0.660. The van der Waals surface area contributed by atoms with Crippen LogP contribution in [0, 0.1) is 6.92 Å². The second-order valence-electron chi connectivity index (χ2n) is 6.63. The summed E-state index contributed by atoms with van der Waals surface area (Å²) in [5.74, 6) is -0.0940. The molecule has 4 rings (SSSR count). The Hall–Kier alpha value is -3.33. The fourth-order valence-corrected chi connectivity index (χ4v) is 4.78. The lowest BCUT2D eigenvalue weighted by Gasteiger charge is -2.30. The lowest BCUT2D eigenvalue weighted by molar-refractivity contribution is 0.0592. The third-order valence-electron chi connectivity index (χ3n) is 4.90. The molecule has 0 amide bonds. The molecule has 9 heteroatoms. The highest BCUT2D eigenvalue weighted by Gasteiger charge is 2.36. The van der Waals surface area contributed by atoms with Crippen LogP contribution < -0.4 is 9.04 Å². The van der Waals surface area contributed by atoms with Gasteiger partial charge in [-0.2, -0.15) is 5.10 Å².